The van der Waals surface area contributed by atoms with Gasteiger partial charge in [-0.3, -0.25) is 0 Å². The molecule has 1 aromatic heterocycles. The van der Waals surface area contributed by atoms with Gasteiger partial charge in [0.15, 0.2) is 11.5 Å². The molecule has 160 valence electrons. The maximum atomic E-state index is 13.7. The Balaban J connectivity index is 1.35. The monoisotopic (exact) mass is 423 g/mol. The maximum Gasteiger partial charge on any atom is 0.168 e. The van der Waals surface area contributed by atoms with E-state index in [4.69, 9.17) is 9.47 Å². The van der Waals surface area contributed by atoms with Crippen LogP contribution < -0.4 is 14.8 Å². The van der Waals surface area contributed by atoms with Crippen LogP contribution in [-0.2, 0) is 6.42 Å². The molecule has 1 aliphatic carbocycles. The Kier molecular flexibility index (Phi) is 5.19. The summed E-state index contributed by atoms with van der Waals surface area (Å²) in [6.45, 7) is 1.18. The summed E-state index contributed by atoms with van der Waals surface area (Å²) >= 11 is 0. The summed E-state index contributed by atoms with van der Waals surface area (Å²) in [4.78, 5) is 0. The van der Waals surface area contributed by atoms with Gasteiger partial charge in [0.1, 0.15) is 18.2 Å². The fourth-order valence-electron chi connectivity index (χ4n) is 4.40. The fraction of sp³-hybridized carbons (Fsp3) is 0.292. The Labute approximate surface area is 179 Å². The number of nitrogens with zero attached hydrogens (tertiary/aromatic N) is 2. The molecule has 1 unspecified atom stereocenters. The van der Waals surface area contributed by atoms with Gasteiger partial charge in [-0.05, 0) is 49.1 Å². The molecule has 2 aromatic carbocycles. The first-order valence-electron chi connectivity index (χ1n) is 10.4. The van der Waals surface area contributed by atoms with Crippen molar-refractivity contribution in [2.45, 2.75) is 25.3 Å². The van der Waals surface area contributed by atoms with E-state index in [1.165, 1.54) is 12.1 Å². The SMILES string of the molecule is COc1cccc2c1OCC(CNC1CCCc3c1cnn3-c1cc(F)cc(F)c1)=C2. The molecule has 0 spiro atoms. The second-order valence-electron chi connectivity index (χ2n) is 7.88. The summed E-state index contributed by atoms with van der Waals surface area (Å²) in [5.74, 6) is 0.299. The number of fused-ring (bicyclic) bond motifs is 2. The highest BCUT2D eigenvalue weighted by atomic mass is 19.1. The Morgan fingerprint density at radius 3 is 2.87 bits per heavy atom. The van der Waals surface area contributed by atoms with E-state index < -0.39 is 11.6 Å². The first-order chi connectivity index (χ1) is 15.1. The number of benzene rings is 2. The van der Waals surface area contributed by atoms with E-state index >= 15 is 0 Å². The quantitative estimate of drug-likeness (QED) is 0.652. The van der Waals surface area contributed by atoms with Crippen molar-refractivity contribution in [3.05, 3.63) is 76.6 Å². The van der Waals surface area contributed by atoms with Crippen LogP contribution in [0, 0.1) is 11.6 Å². The lowest BCUT2D eigenvalue weighted by atomic mass is 9.92. The Morgan fingerprint density at radius 2 is 2.06 bits per heavy atom. The van der Waals surface area contributed by atoms with Crippen molar-refractivity contribution in [1.29, 1.82) is 0 Å². The molecule has 5 rings (SSSR count). The molecule has 0 saturated carbocycles. The van der Waals surface area contributed by atoms with Gasteiger partial charge in [0.05, 0.1) is 19.0 Å². The average Bonchev–Trinajstić information content (AvgIpc) is 3.21. The van der Waals surface area contributed by atoms with E-state index in [1.807, 2.05) is 18.2 Å². The van der Waals surface area contributed by atoms with Gasteiger partial charge in [0.2, 0.25) is 0 Å². The molecule has 1 aliphatic heterocycles. The van der Waals surface area contributed by atoms with Crippen LogP contribution in [0.4, 0.5) is 8.78 Å². The van der Waals surface area contributed by atoms with Crippen LogP contribution in [0.2, 0.25) is 0 Å². The molecule has 1 N–H and O–H groups in total. The largest absolute Gasteiger partial charge is 0.493 e. The number of aromatic nitrogens is 2. The summed E-state index contributed by atoms with van der Waals surface area (Å²) in [6, 6.07) is 9.47. The molecule has 2 aliphatic rings. The van der Waals surface area contributed by atoms with Gasteiger partial charge in [-0.2, -0.15) is 5.10 Å². The summed E-state index contributed by atoms with van der Waals surface area (Å²) < 4.78 is 40.3. The smallest absolute Gasteiger partial charge is 0.168 e. The van der Waals surface area contributed by atoms with Crippen LogP contribution in [0.25, 0.3) is 11.8 Å². The van der Waals surface area contributed by atoms with Gasteiger partial charge in [-0.15, -0.1) is 0 Å². The minimum absolute atomic E-state index is 0.128. The van der Waals surface area contributed by atoms with Crippen molar-refractivity contribution in [3.63, 3.8) is 0 Å². The van der Waals surface area contributed by atoms with Gasteiger partial charge in [0, 0.05) is 35.5 Å². The van der Waals surface area contributed by atoms with Crippen LogP contribution in [0.15, 0.2) is 48.2 Å². The molecule has 5 nitrogen and oxygen atoms in total. The molecule has 0 amide bonds. The molecule has 1 atom stereocenters. The lowest BCUT2D eigenvalue weighted by molar-refractivity contribution is 0.311. The van der Waals surface area contributed by atoms with Crippen molar-refractivity contribution >= 4 is 6.08 Å². The van der Waals surface area contributed by atoms with Crippen molar-refractivity contribution in [3.8, 4) is 17.2 Å². The molecule has 0 saturated heterocycles. The third-order valence-electron chi connectivity index (χ3n) is 5.84. The van der Waals surface area contributed by atoms with Gasteiger partial charge in [-0.25, -0.2) is 13.5 Å². The number of rotatable bonds is 5. The molecule has 2 heterocycles. The zero-order valence-corrected chi connectivity index (χ0v) is 17.2. The average molecular weight is 423 g/mol. The minimum atomic E-state index is -0.606. The van der Waals surface area contributed by atoms with E-state index in [9.17, 15) is 8.78 Å². The highest BCUT2D eigenvalue weighted by Gasteiger charge is 2.25. The predicted octanol–water partition coefficient (Wildman–Crippen LogP) is 4.60. The van der Waals surface area contributed by atoms with Crippen molar-refractivity contribution < 1.29 is 18.3 Å². The second kappa shape index (κ2) is 8.15. The van der Waals surface area contributed by atoms with E-state index in [0.29, 0.717) is 18.8 Å². The Morgan fingerprint density at radius 1 is 1.23 bits per heavy atom. The molecular formula is C24H23F2N3O2. The number of hydrogen-bond acceptors (Lipinski definition) is 4. The van der Waals surface area contributed by atoms with Gasteiger partial charge < -0.3 is 14.8 Å². The minimum Gasteiger partial charge on any atom is -0.493 e. The van der Waals surface area contributed by atoms with Crippen molar-refractivity contribution in [1.82, 2.24) is 15.1 Å². The molecule has 3 aromatic rings. The number of halogens is 2. The summed E-state index contributed by atoms with van der Waals surface area (Å²) in [6.07, 6.45) is 6.72. The number of para-hydroxylation sites is 1. The third kappa shape index (κ3) is 3.81. The lowest BCUT2D eigenvalue weighted by Gasteiger charge is -2.26. The standard InChI is InChI=1S/C24H23F2N3O2/c1-30-23-7-2-4-16-8-15(14-31-24(16)23)12-27-21-5-3-6-22-20(21)13-28-29(22)19-10-17(25)9-18(26)11-19/h2,4,7-11,13,21,27H,3,5-6,12,14H2,1H3. The normalized spacial score (nSPS) is 17.4. The number of hydrogen-bond donors (Lipinski definition) is 1. The molecule has 0 fully saturated rings. The highest BCUT2D eigenvalue weighted by Crippen LogP contribution is 2.36. The van der Waals surface area contributed by atoms with E-state index in [0.717, 1.165) is 59.2 Å². The first kappa shape index (κ1) is 19.8. The summed E-state index contributed by atoms with van der Waals surface area (Å²) in [5, 5.41) is 8.05. The highest BCUT2D eigenvalue weighted by molar-refractivity contribution is 5.66. The predicted molar refractivity (Wildman–Crippen MR) is 114 cm³/mol. The fourth-order valence-corrected chi connectivity index (χ4v) is 4.40. The van der Waals surface area contributed by atoms with Crippen LogP contribution in [0.3, 0.4) is 0 Å². The first-order valence-corrected chi connectivity index (χ1v) is 10.4. The zero-order chi connectivity index (χ0) is 21.4. The van der Waals surface area contributed by atoms with Crippen LogP contribution >= 0.6 is 0 Å². The van der Waals surface area contributed by atoms with Crippen molar-refractivity contribution in [2.75, 3.05) is 20.3 Å². The van der Waals surface area contributed by atoms with Gasteiger partial charge >= 0.3 is 0 Å². The van der Waals surface area contributed by atoms with E-state index in [1.54, 1.807) is 18.0 Å². The van der Waals surface area contributed by atoms with Crippen LogP contribution in [0.1, 0.15) is 35.7 Å². The number of methoxy groups -OCH3 is 1. The molecular weight excluding hydrogens is 400 g/mol. The van der Waals surface area contributed by atoms with E-state index in [-0.39, 0.29) is 6.04 Å². The molecule has 0 bridgehead atoms. The molecule has 31 heavy (non-hydrogen) atoms. The molecule has 7 heteroatoms. The summed E-state index contributed by atoms with van der Waals surface area (Å²) in [7, 11) is 1.64. The van der Waals surface area contributed by atoms with Crippen LogP contribution in [-0.4, -0.2) is 30.0 Å². The lowest BCUT2D eigenvalue weighted by Crippen LogP contribution is -2.29. The zero-order valence-electron chi connectivity index (χ0n) is 17.2. The van der Waals surface area contributed by atoms with E-state index in [2.05, 4.69) is 16.5 Å². The Hall–Kier alpha value is -3.19. The molecule has 0 radical (unpaired) electrons. The summed E-state index contributed by atoms with van der Waals surface area (Å²) in [5.41, 5.74) is 4.64. The van der Waals surface area contributed by atoms with Gasteiger partial charge in [-0.1, -0.05) is 12.1 Å². The topological polar surface area (TPSA) is 48.3 Å². The third-order valence-corrected chi connectivity index (χ3v) is 5.84. The Bertz CT molecular complexity index is 1140. The number of ether oxygens (including phenoxy) is 2. The number of nitrogens with one attached hydrogen (secondary N) is 1. The second-order valence-corrected chi connectivity index (χ2v) is 7.88. The van der Waals surface area contributed by atoms with Crippen LogP contribution in [0.5, 0.6) is 11.5 Å². The van der Waals surface area contributed by atoms with Crippen molar-refractivity contribution in [2.24, 2.45) is 0 Å². The maximum absolute atomic E-state index is 13.7. The van der Waals surface area contributed by atoms with Gasteiger partial charge in [0.25, 0.3) is 0 Å².